The number of H-pyrrole nitrogens is 1. The van der Waals surface area contributed by atoms with E-state index in [9.17, 15) is 0 Å². The molecule has 6 nitrogen and oxygen atoms in total. The molecule has 1 unspecified atom stereocenters. The number of nitrogens with zero attached hydrogens (tertiary/aromatic N) is 2. The zero-order chi connectivity index (χ0) is 21.5. The highest BCUT2D eigenvalue weighted by molar-refractivity contribution is 5.93. The van der Waals surface area contributed by atoms with Gasteiger partial charge in [-0.3, -0.25) is 9.88 Å². The zero-order valence-electron chi connectivity index (χ0n) is 18.0. The minimum Gasteiger partial charge on any atom is -0.497 e. The van der Waals surface area contributed by atoms with Crippen LogP contribution in [-0.2, 0) is 0 Å². The molecule has 1 N–H and O–H groups in total. The number of benzene rings is 2. The second kappa shape index (κ2) is 7.88. The highest BCUT2D eigenvalue weighted by Crippen LogP contribution is 2.38. The maximum absolute atomic E-state index is 6.38. The summed E-state index contributed by atoms with van der Waals surface area (Å²) in [6.45, 7) is 3.29. The van der Waals surface area contributed by atoms with E-state index in [0.29, 0.717) is 6.61 Å². The lowest BCUT2D eigenvalue weighted by atomic mass is 9.98. The van der Waals surface area contributed by atoms with Crippen LogP contribution in [0.15, 0.2) is 60.9 Å². The SMILES string of the molecule is COc1ccc2[nH]cc(C3=CCN(CC4COc5ccc6ncccc6c5O4)CC3)c2c1. The quantitative estimate of drug-likeness (QED) is 0.514. The topological polar surface area (TPSA) is 59.6 Å². The molecule has 2 aromatic heterocycles. The standard InChI is InChI=1S/C26H25N3O3/c1-30-18-4-5-24-21(13-18)22(14-28-24)17-8-11-29(12-9-17)15-19-16-31-25-7-6-23-20(26(25)32-19)3-2-10-27-23/h2-8,10,13-14,19,28H,9,11-12,15-16H2,1H3. The van der Waals surface area contributed by atoms with Crippen LogP contribution in [0.5, 0.6) is 17.2 Å². The van der Waals surface area contributed by atoms with Crippen molar-refractivity contribution in [1.29, 1.82) is 0 Å². The van der Waals surface area contributed by atoms with Crippen molar-refractivity contribution < 1.29 is 14.2 Å². The van der Waals surface area contributed by atoms with Gasteiger partial charge in [0.05, 0.1) is 12.6 Å². The predicted octanol–water partition coefficient (Wildman–Crippen LogP) is 4.65. The highest BCUT2D eigenvalue weighted by Gasteiger charge is 2.26. The minimum absolute atomic E-state index is 0.000561. The molecule has 0 bridgehead atoms. The summed E-state index contributed by atoms with van der Waals surface area (Å²) in [7, 11) is 1.71. The first-order valence-corrected chi connectivity index (χ1v) is 11.0. The van der Waals surface area contributed by atoms with E-state index < -0.39 is 0 Å². The van der Waals surface area contributed by atoms with Crippen molar-refractivity contribution >= 4 is 27.4 Å². The van der Waals surface area contributed by atoms with Crippen molar-refractivity contribution in [3.63, 3.8) is 0 Å². The van der Waals surface area contributed by atoms with Gasteiger partial charge in [-0.2, -0.15) is 0 Å². The number of rotatable bonds is 4. The second-order valence-corrected chi connectivity index (χ2v) is 8.37. The minimum atomic E-state index is 0.000561. The molecule has 4 aromatic rings. The van der Waals surface area contributed by atoms with Gasteiger partial charge in [-0.1, -0.05) is 6.08 Å². The van der Waals surface area contributed by atoms with E-state index in [2.05, 4.69) is 39.3 Å². The maximum Gasteiger partial charge on any atom is 0.171 e. The van der Waals surface area contributed by atoms with Gasteiger partial charge in [0.1, 0.15) is 18.5 Å². The van der Waals surface area contributed by atoms with E-state index in [4.69, 9.17) is 14.2 Å². The van der Waals surface area contributed by atoms with E-state index in [-0.39, 0.29) is 6.10 Å². The lowest BCUT2D eigenvalue weighted by Gasteiger charge is -2.33. The van der Waals surface area contributed by atoms with Crippen LogP contribution in [0.2, 0.25) is 0 Å². The summed E-state index contributed by atoms with van der Waals surface area (Å²) in [5.74, 6) is 2.50. The number of pyridine rings is 1. The Labute approximate surface area is 186 Å². The number of hydrogen-bond donors (Lipinski definition) is 1. The van der Waals surface area contributed by atoms with Crippen molar-refractivity contribution in [2.75, 3.05) is 33.4 Å². The van der Waals surface area contributed by atoms with Crippen molar-refractivity contribution in [2.24, 2.45) is 0 Å². The lowest BCUT2D eigenvalue weighted by molar-refractivity contribution is 0.0632. The van der Waals surface area contributed by atoms with Crippen LogP contribution in [-0.4, -0.2) is 54.3 Å². The molecule has 2 aliphatic heterocycles. The van der Waals surface area contributed by atoms with E-state index in [1.807, 2.05) is 30.3 Å². The average molecular weight is 428 g/mol. The van der Waals surface area contributed by atoms with Crippen LogP contribution >= 0.6 is 0 Å². The Hall–Kier alpha value is -3.51. The highest BCUT2D eigenvalue weighted by atomic mass is 16.6. The zero-order valence-corrected chi connectivity index (χ0v) is 18.0. The summed E-state index contributed by atoms with van der Waals surface area (Å²) in [6.07, 6.45) is 7.25. The third-order valence-electron chi connectivity index (χ3n) is 6.40. The summed E-state index contributed by atoms with van der Waals surface area (Å²) in [5, 5.41) is 2.22. The third kappa shape index (κ3) is 3.37. The molecule has 0 saturated heterocycles. The van der Waals surface area contributed by atoms with Crippen molar-refractivity contribution in [2.45, 2.75) is 12.5 Å². The summed E-state index contributed by atoms with van der Waals surface area (Å²) >= 11 is 0. The van der Waals surface area contributed by atoms with Gasteiger partial charge in [-0.05, 0) is 54.5 Å². The number of hydrogen-bond acceptors (Lipinski definition) is 5. The molecule has 6 heteroatoms. The fourth-order valence-corrected chi connectivity index (χ4v) is 4.72. The van der Waals surface area contributed by atoms with Crippen LogP contribution in [0.4, 0.5) is 0 Å². The van der Waals surface area contributed by atoms with Gasteiger partial charge >= 0.3 is 0 Å². The molecular weight excluding hydrogens is 402 g/mol. The van der Waals surface area contributed by atoms with Gasteiger partial charge in [0.2, 0.25) is 0 Å². The van der Waals surface area contributed by atoms with Gasteiger partial charge in [0, 0.05) is 53.9 Å². The smallest absolute Gasteiger partial charge is 0.171 e. The van der Waals surface area contributed by atoms with Gasteiger partial charge in [-0.25, -0.2) is 0 Å². The van der Waals surface area contributed by atoms with Crippen LogP contribution in [0, 0.1) is 0 Å². The van der Waals surface area contributed by atoms with Crippen LogP contribution in [0.25, 0.3) is 27.4 Å². The molecule has 0 saturated carbocycles. The number of nitrogens with one attached hydrogen (secondary N) is 1. The first-order valence-electron chi connectivity index (χ1n) is 11.0. The monoisotopic (exact) mass is 427 g/mol. The summed E-state index contributed by atoms with van der Waals surface area (Å²) in [5.41, 5.74) is 4.71. The number of fused-ring (bicyclic) bond motifs is 4. The average Bonchev–Trinajstić information content (AvgIpc) is 3.27. The Morgan fingerprint density at radius 3 is 3.03 bits per heavy atom. The van der Waals surface area contributed by atoms with Gasteiger partial charge < -0.3 is 19.2 Å². The second-order valence-electron chi connectivity index (χ2n) is 8.37. The molecule has 0 fully saturated rings. The summed E-state index contributed by atoms with van der Waals surface area (Å²) in [4.78, 5) is 10.2. The molecular formula is C26H25N3O3. The molecule has 0 spiro atoms. The molecule has 0 aliphatic carbocycles. The van der Waals surface area contributed by atoms with E-state index in [1.54, 1.807) is 13.3 Å². The molecule has 2 aromatic carbocycles. The van der Waals surface area contributed by atoms with E-state index in [0.717, 1.165) is 59.7 Å². The van der Waals surface area contributed by atoms with Crippen LogP contribution in [0.3, 0.4) is 0 Å². The first kappa shape index (κ1) is 19.2. The van der Waals surface area contributed by atoms with Gasteiger partial charge in [-0.15, -0.1) is 0 Å². The normalized spacial score (nSPS) is 18.7. The van der Waals surface area contributed by atoms with Crippen molar-refractivity contribution in [3.05, 3.63) is 66.5 Å². The van der Waals surface area contributed by atoms with E-state index in [1.165, 1.54) is 16.5 Å². The lowest BCUT2D eigenvalue weighted by Crippen LogP contribution is -2.42. The Kier molecular flexibility index (Phi) is 4.72. The van der Waals surface area contributed by atoms with Crippen LogP contribution in [0.1, 0.15) is 12.0 Å². The predicted molar refractivity (Wildman–Crippen MR) is 126 cm³/mol. The summed E-state index contributed by atoms with van der Waals surface area (Å²) < 4.78 is 17.8. The Morgan fingerprint density at radius 2 is 2.16 bits per heavy atom. The van der Waals surface area contributed by atoms with Crippen LogP contribution < -0.4 is 14.2 Å². The molecule has 162 valence electrons. The number of methoxy groups -OCH3 is 1. The van der Waals surface area contributed by atoms with Gasteiger partial charge in [0.25, 0.3) is 0 Å². The fraction of sp³-hybridized carbons (Fsp3) is 0.269. The fourth-order valence-electron chi connectivity index (χ4n) is 4.72. The molecule has 0 amide bonds. The Balaban J connectivity index is 1.17. The maximum atomic E-state index is 6.38. The number of aromatic amines is 1. The van der Waals surface area contributed by atoms with Crippen molar-refractivity contribution in [3.8, 4) is 17.2 Å². The Bertz CT molecular complexity index is 1330. The van der Waals surface area contributed by atoms with Crippen molar-refractivity contribution in [1.82, 2.24) is 14.9 Å². The van der Waals surface area contributed by atoms with Gasteiger partial charge in [0.15, 0.2) is 11.5 Å². The Morgan fingerprint density at radius 1 is 1.19 bits per heavy atom. The summed E-state index contributed by atoms with van der Waals surface area (Å²) in [6, 6.07) is 14.1. The molecule has 2 aliphatic rings. The largest absolute Gasteiger partial charge is 0.497 e. The van der Waals surface area contributed by atoms with E-state index >= 15 is 0 Å². The third-order valence-corrected chi connectivity index (χ3v) is 6.40. The number of ether oxygens (including phenoxy) is 3. The number of aromatic nitrogens is 2. The molecule has 6 rings (SSSR count). The molecule has 4 heterocycles. The first-order chi connectivity index (χ1) is 15.8. The molecule has 1 atom stereocenters. The molecule has 0 radical (unpaired) electrons. The molecule has 32 heavy (non-hydrogen) atoms.